The maximum absolute atomic E-state index is 11.7. The Morgan fingerprint density at radius 3 is 2.59 bits per heavy atom. The fourth-order valence-corrected chi connectivity index (χ4v) is 6.54. The summed E-state index contributed by atoms with van der Waals surface area (Å²) in [6.07, 6.45) is 9.56. The van der Waals surface area contributed by atoms with E-state index in [0.29, 0.717) is 5.57 Å². The van der Waals surface area contributed by atoms with E-state index in [-0.39, 0.29) is 42.1 Å². The van der Waals surface area contributed by atoms with Crippen LogP contribution in [0.2, 0.25) is 5.02 Å². The van der Waals surface area contributed by atoms with Crippen molar-refractivity contribution < 1.29 is 14.3 Å². The normalized spacial score (nSPS) is 26.5. The number of para-hydroxylation sites is 1. The number of rotatable bonds is 4. The third-order valence-electron chi connectivity index (χ3n) is 8.84. The highest BCUT2D eigenvalue weighted by Crippen LogP contribution is 2.49. The van der Waals surface area contributed by atoms with Crippen molar-refractivity contribution in [3.63, 3.8) is 0 Å². The van der Waals surface area contributed by atoms with Gasteiger partial charge in [0.15, 0.2) is 0 Å². The third-order valence-corrected chi connectivity index (χ3v) is 9.08. The van der Waals surface area contributed by atoms with Crippen LogP contribution in [0.5, 0.6) is 0 Å². The fraction of sp³-hybridized carbons (Fsp3) is 0.500. The summed E-state index contributed by atoms with van der Waals surface area (Å²) in [5.74, 6) is -0.102. The van der Waals surface area contributed by atoms with Gasteiger partial charge in [-0.05, 0) is 109 Å². The molecule has 4 unspecified atom stereocenters. The Bertz CT molecular complexity index is 1290. The third kappa shape index (κ3) is 7.19. The quantitative estimate of drug-likeness (QED) is 0.156. The highest BCUT2D eigenvalue weighted by molar-refractivity contribution is 6.30. The molecule has 2 fully saturated rings. The Morgan fingerprint density at radius 2 is 1.83 bits per heavy atom. The number of carbonyl (C=O) groups is 1. The molecule has 6 rings (SSSR count). The molecule has 5 nitrogen and oxygen atoms in total. The van der Waals surface area contributed by atoms with E-state index in [1.807, 2.05) is 6.07 Å². The van der Waals surface area contributed by atoms with Gasteiger partial charge < -0.3 is 19.3 Å². The number of hydrogen-bond acceptors (Lipinski definition) is 5. The van der Waals surface area contributed by atoms with Crippen molar-refractivity contribution in [2.75, 3.05) is 32.1 Å². The van der Waals surface area contributed by atoms with Gasteiger partial charge in [-0.3, -0.25) is 0 Å². The molecule has 2 aromatic carbocycles. The zero-order chi connectivity index (χ0) is 28.4. The minimum Gasteiger partial charge on any atom is -0.455 e. The first kappa shape index (κ1) is 31.6. The van der Waals surface area contributed by atoms with E-state index in [4.69, 9.17) is 21.1 Å². The molecule has 4 aliphatic rings. The number of aryl methyl sites for hydroxylation is 2. The minimum atomic E-state index is -0.233. The summed E-state index contributed by atoms with van der Waals surface area (Å²) in [7, 11) is 4.25. The van der Waals surface area contributed by atoms with Gasteiger partial charge in [-0.25, -0.2) is 4.79 Å². The van der Waals surface area contributed by atoms with Crippen molar-refractivity contribution in [3.05, 3.63) is 82.4 Å². The standard InChI is InChI=1S/C19H23ClN2.C15H20O3.ClH/c1-21(2)12-5-13-22-18-7-4-3-6-15(18)8-9-16-10-11-17(20)14-19(16)22;1-9-5-4-8-15(3)13(18-15)12-11(7-6-9)10(2)14(16)17-12;/h3-4,6-7,10-11,14H,5,8-9,12-13H2,1-2H3;5,11-13H,2,4,6-8H2,1,3H3;1H. The second-order valence-electron chi connectivity index (χ2n) is 12.2. The zero-order valence-corrected chi connectivity index (χ0v) is 26.4. The first-order chi connectivity index (χ1) is 19.2. The van der Waals surface area contributed by atoms with E-state index < -0.39 is 0 Å². The molecule has 0 amide bonds. The summed E-state index contributed by atoms with van der Waals surface area (Å²) in [5, 5.41) is 0.816. The molecule has 3 heterocycles. The van der Waals surface area contributed by atoms with Gasteiger partial charge in [-0.15, -0.1) is 12.4 Å². The molecule has 0 saturated carbocycles. The molecule has 2 saturated heterocycles. The predicted molar refractivity (Wildman–Crippen MR) is 171 cm³/mol. The summed E-state index contributed by atoms with van der Waals surface area (Å²) in [6.45, 7) is 10.3. The first-order valence-electron chi connectivity index (χ1n) is 14.7. The zero-order valence-electron chi connectivity index (χ0n) is 24.8. The van der Waals surface area contributed by atoms with Crippen LogP contribution in [0.15, 0.2) is 66.3 Å². The molecule has 7 heteroatoms. The van der Waals surface area contributed by atoms with E-state index in [2.05, 4.69) is 86.8 Å². The maximum atomic E-state index is 11.7. The van der Waals surface area contributed by atoms with Crippen molar-refractivity contribution in [1.82, 2.24) is 4.90 Å². The molecule has 41 heavy (non-hydrogen) atoms. The van der Waals surface area contributed by atoms with Crippen LogP contribution < -0.4 is 4.90 Å². The van der Waals surface area contributed by atoms with Crippen molar-refractivity contribution in [3.8, 4) is 0 Å². The summed E-state index contributed by atoms with van der Waals surface area (Å²) >= 11 is 6.27. The lowest BCUT2D eigenvalue weighted by molar-refractivity contribution is -0.140. The van der Waals surface area contributed by atoms with Gasteiger partial charge in [-0.2, -0.15) is 0 Å². The lowest BCUT2D eigenvalue weighted by Crippen LogP contribution is -2.28. The average Bonchev–Trinajstić information content (AvgIpc) is 3.55. The number of anilines is 2. The molecule has 1 aliphatic carbocycles. The molecule has 222 valence electrons. The van der Waals surface area contributed by atoms with Crippen molar-refractivity contribution in [2.45, 2.75) is 76.6 Å². The minimum absolute atomic E-state index is 0. The van der Waals surface area contributed by atoms with Gasteiger partial charge in [0.2, 0.25) is 0 Å². The number of fused-ring (bicyclic) bond motifs is 5. The lowest BCUT2D eigenvalue weighted by atomic mass is 9.84. The van der Waals surface area contributed by atoms with E-state index in [1.54, 1.807) is 0 Å². The monoisotopic (exact) mass is 598 g/mol. The predicted octanol–water partition coefficient (Wildman–Crippen LogP) is 7.71. The van der Waals surface area contributed by atoms with E-state index in [9.17, 15) is 4.79 Å². The number of benzene rings is 2. The number of esters is 1. The van der Waals surface area contributed by atoms with Crippen LogP contribution in [-0.2, 0) is 27.1 Å². The van der Waals surface area contributed by atoms with E-state index >= 15 is 0 Å². The van der Waals surface area contributed by atoms with Crippen LogP contribution in [0.25, 0.3) is 0 Å². The Balaban J connectivity index is 0.000000188. The van der Waals surface area contributed by atoms with E-state index in [0.717, 1.165) is 63.1 Å². The summed E-state index contributed by atoms with van der Waals surface area (Å²) in [4.78, 5) is 16.4. The van der Waals surface area contributed by atoms with Crippen molar-refractivity contribution >= 4 is 41.4 Å². The topological polar surface area (TPSA) is 45.3 Å². The number of ether oxygens (including phenoxy) is 2. The fourth-order valence-electron chi connectivity index (χ4n) is 6.37. The number of hydrogen-bond donors (Lipinski definition) is 0. The second kappa shape index (κ2) is 13.3. The van der Waals surface area contributed by atoms with Gasteiger partial charge >= 0.3 is 5.97 Å². The van der Waals surface area contributed by atoms with Crippen molar-refractivity contribution in [1.29, 1.82) is 0 Å². The van der Waals surface area contributed by atoms with Gasteiger partial charge in [0.1, 0.15) is 12.2 Å². The molecule has 0 spiro atoms. The molecule has 3 aliphatic heterocycles. The maximum Gasteiger partial charge on any atom is 0.334 e. The molecule has 0 radical (unpaired) electrons. The largest absolute Gasteiger partial charge is 0.455 e. The number of carbonyl (C=O) groups excluding carboxylic acids is 1. The van der Waals surface area contributed by atoms with Gasteiger partial charge in [0, 0.05) is 34.4 Å². The summed E-state index contributed by atoms with van der Waals surface area (Å²) < 4.78 is 11.3. The summed E-state index contributed by atoms with van der Waals surface area (Å²) in [6, 6.07) is 15.1. The van der Waals surface area contributed by atoms with Gasteiger partial charge in [-0.1, -0.05) is 54.1 Å². The molecular formula is C34H44Cl2N2O3. The second-order valence-corrected chi connectivity index (χ2v) is 12.6. The Hall–Kier alpha value is -2.31. The van der Waals surface area contributed by atoms with Crippen molar-refractivity contribution in [2.24, 2.45) is 5.92 Å². The van der Waals surface area contributed by atoms with Crippen LogP contribution in [0, 0.1) is 5.92 Å². The van der Waals surface area contributed by atoms with Gasteiger partial charge in [0.05, 0.1) is 5.60 Å². The lowest BCUT2D eigenvalue weighted by Gasteiger charge is -2.27. The number of halogens is 2. The van der Waals surface area contributed by atoms with E-state index in [1.165, 1.54) is 28.1 Å². The Labute approximate surface area is 256 Å². The molecule has 0 N–H and O–H groups in total. The highest BCUT2D eigenvalue weighted by atomic mass is 35.5. The molecule has 0 aromatic heterocycles. The van der Waals surface area contributed by atoms with Gasteiger partial charge in [0.25, 0.3) is 0 Å². The van der Waals surface area contributed by atoms with Crippen LogP contribution in [0.1, 0.15) is 57.1 Å². The number of epoxide rings is 1. The summed E-state index contributed by atoms with van der Waals surface area (Å²) in [5.41, 5.74) is 7.35. The number of nitrogens with zero attached hydrogens (tertiary/aromatic N) is 2. The Kier molecular flexibility index (Phi) is 10.3. The van der Waals surface area contributed by atoms with Crippen LogP contribution >= 0.6 is 24.0 Å². The van der Waals surface area contributed by atoms with Crippen LogP contribution in [0.3, 0.4) is 0 Å². The first-order valence-corrected chi connectivity index (χ1v) is 15.1. The number of allylic oxidation sites excluding steroid dienone is 2. The van der Waals surface area contributed by atoms with Crippen LogP contribution in [-0.4, -0.2) is 55.9 Å². The molecule has 2 aromatic rings. The Morgan fingerprint density at radius 1 is 1.10 bits per heavy atom. The molecule has 0 bridgehead atoms. The molecular weight excluding hydrogens is 555 g/mol. The average molecular weight is 600 g/mol. The smallest absolute Gasteiger partial charge is 0.334 e. The SMILES string of the molecule is C=C1C(=O)OC2C1CCC(C)=CCCC1(C)OC21.CN(C)CCCN1c2ccccc2CCc2ccc(Cl)cc21.Cl. The molecule has 4 atom stereocenters. The highest BCUT2D eigenvalue weighted by Gasteiger charge is 2.61. The van der Waals surface area contributed by atoms with Crippen LogP contribution in [0.4, 0.5) is 11.4 Å².